The number of hydrogen-bond donors (Lipinski definition) is 2. The summed E-state index contributed by atoms with van der Waals surface area (Å²) in [5, 5.41) is 5.85. The molecular weight excluding hydrogens is 362 g/mol. The van der Waals surface area contributed by atoms with E-state index in [0.717, 1.165) is 12.0 Å². The molecule has 0 saturated heterocycles. The van der Waals surface area contributed by atoms with Gasteiger partial charge in [0.15, 0.2) is 0 Å². The molecule has 0 bridgehead atoms. The summed E-state index contributed by atoms with van der Waals surface area (Å²) in [6.07, 6.45) is 1.11. The van der Waals surface area contributed by atoms with E-state index in [1.165, 1.54) is 5.56 Å². The van der Waals surface area contributed by atoms with Crippen LogP contribution in [0.3, 0.4) is 0 Å². The van der Waals surface area contributed by atoms with Crippen LogP contribution in [0.1, 0.15) is 44.7 Å². The monoisotopic (exact) mass is 395 g/mol. The first-order valence-corrected chi connectivity index (χ1v) is 10.2. The van der Waals surface area contributed by atoms with Gasteiger partial charge in [-0.3, -0.25) is 4.79 Å². The van der Waals surface area contributed by atoms with Gasteiger partial charge in [-0.1, -0.05) is 74.5 Å². The number of carbonyl (C=O) groups excluding carboxylic acids is 2. The molecule has 0 spiro atoms. The summed E-state index contributed by atoms with van der Waals surface area (Å²) < 4.78 is 0. The van der Waals surface area contributed by atoms with Crippen molar-refractivity contribution in [3.63, 3.8) is 0 Å². The molecule has 0 radical (unpaired) electrons. The number of rotatable bonds is 9. The fourth-order valence-electron chi connectivity index (χ4n) is 3.52. The number of nitrogens with one attached hydrogen (secondary N) is 2. The van der Waals surface area contributed by atoms with Crippen LogP contribution in [0.4, 0.5) is 4.79 Å². The summed E-state index contributed by atoms with van der Waals surface area (Å²) in [5.41, 5.74) is 2.30. The minimum Gasteiger partial charge on any atom is -0.354 e. The molecule has 2 N–H and O–H groups in total. The van der Waals surface area contributed by atoms with Crippen LogP contribution in [0.15, 0.2) is 60.7 Å². The molecule has 2 aromatic carbocycles. The first kappa shape index (κ1) is 22.5. The van der Waals surface area contributed by atoms with Crippen molar-refractivity contribution in [1.29, 1.82) is 0 Å². The molecule has 5 heteroatoms. The minimum absolute atomic E-state index is 0.0255. The summed E-state index contributed by atoms with van der Waals surface area (Å²) in [6, 6.07) is 20.0. The Kier molecular flexibility index (Phi) is 8.25. The van der Waals surface area contributed by atoms with Crippen LogP contribution < -0.4 is 10.6 Å². The molecule has 0 aliphatic rings. The van der Waals surface area contributed by atoms with Gasteiger partial charge in [0.05, 0.1) is 0 Å². The third kappa shape index (κ3) is 7.60. The zero-order valence-electron chi connectivity index (χ0n) is 17.9. The van der Waals surface area contributed by atoms with Crippen LogP contribution in [-0.4, -0.2) is 36.5 Å². The van der Waals surface area contributed by atoms with Crippen LogP contribution in [0.2, 0.25) is 0 Å². The van der Waals surface area contributed by atoms with Gasteiger partial charge >= 0.3 is 6.03 Å². The maximum absolute atomic E-state index is 12.2. The molecule has 0 heterocycles. The number of benzene rings is 2. The fourth-order valence-corrected chi connectivity index (χ4v) is 3.52. The number of urea groups is 1. The summed E-state index contributed by atoms with van der Waals surface area (Å²) >= 11 is 0. The van der Waals surface area contributed by atoms with Crippen molar-refractivity contribution in [3.05, 3.63) is 71.8 Å². The molecule has 0 aromatic heterocycles. The van der Waals surface area contributed by atoms with Gasteiger partial charge in [-0.2, -0.15) is 0 Å². The highest BCUT2D eigenvalue weighted by Gasteiger charge is 2.24. The Morgan fingerprint density at radius 3 is 2.21 bits per heavy atom. The second kappa shape index (κ2) is 10.6. The highest BCUT2D eigenvalue weighted by Crippen LogP contribution is 2.28. The van der Waals surface area contributed by atoms with E-state index < -0.39 is 0 Å². The lowest BCUT2D eigenvalue weighted by atomic mass is 9.79. The van der Waals surface area contributed by atoms with Gasteiger partial charge in [-0.25, -0.2) is 4.79 Å². The average molecular weight is 396 g/mol. The molecule has 0 aliphatic heterocycles. The number of hydrogen-bond acceptors (Lipinski definition) is 2. The quantitative estimate of drug-likeness (QED) is 0.672. The SMILES string of the molecule is CC(CC(C)(C)c1ccccc1)NC(=O)CCNC(=O)N(C)Cc1ccccc1. The topological polar surface area (TPSA) is 61.4 Å². The lowest BCUT2D eigenvalue weighted by Crippen LogP contribution is -2.41. The van der Waals surface area contributed by atoms with Gasteiger partial charge in [0.1, 0.15) is 0 Å². The zero-order valence-corrected chi connectivity index (χ0v) is 17.9. The van der Waals surface area contributed by atoms with Gasteiger partial charge in [-0.15, -0.1) is 0 Å². The largest absolute Gasteiger partial charge is 0.354 e. The van der Waals surface area contributed by atoms with E-state index >= 15 is 0 Å². The highest BCUT2D eigenvalue weighted by atomic mass is 16.2. The van der Waals surface area contributed by atoms with Crippen molar-refractivity contribution < 1.29 is 9.59 Å². The van der Waals surface area contributed by atoms with E-state index in [0.29, 0.717) is 13.1 Å². The molecule has 0 aliphatic carbocycles. The molecule has 156 valence electrons. The Morgan fingerprint density at radius 2 is 1.59 bits per heavy atom. The van der Waals surface area contributed by atoms with Crippen molar-refractivity contribution in [3.8, 4) is 0 Å². The summed E-state index contributed by atoms with van der Waals surface area (Å²) in [5.74, 6) is -0.0487. The fraction of sp³-hybridized carbons (Fsp3) is 0.417. The number of carbonyl (C=O) groups is 2. The molecule has 2 rings (SSSR count). The number of amides is 3. The zero-order chi connectivity index (χ0) is 21.3. The van der Waals surface area contributed by atoms with Gasteiger partial charge in [-0.05, 0) is 29.9 Å². The second-order valence-corrected chi connectivity index (χ2v) is 8.25. The third-order valence-corrected chi connectivity index (χ3v) is 5.02. The van der Waals surface area contributed by atoms with E-state index in [1.807, 2.05) is 55.5 Å². The molecule has 2 aromatic rings. The lowest BCUT2D eigenvalue weighted by molar-refractivity contribution is -0.121. The maximum atomic E-state index is 12.2. The van der Waals surface area contributed by atoms with Gasteiger partial charge in [0, 0.05) is 32.6 Å². The van der Waals surface area contributed by atoms with E-state index in [-0.39, 0.29) is 29.8 Å². The van der Waals surface area contributed by atoms with Crippen LogP contribution in [0, 0.1) is 0 Å². The van der Waals surface area contributed by atoms with E-state index in [4.69, 9.17) is 0 Å². The highest BCUT2D eigenvalue weighted by molar-refractivity contribution is 5.78. The van der Waals surface area contributed by atoms with Crippen LogP contribution in [0.25, 0.3) is 0 Å². The Balaban J connectivity index is 1.70. The van der Waals surface area contributed by atoms with Gasteiger partial charge < -0.3 is 15.5 Å². The van der Waals surface area contributed by atoms with E-state index in [2.05, 4.69) is 36.6 Å². The summed E-state index contributed by atoms with van der Waals surface area (Å²) in [6.45, 7) is 7.25. The predicted octanol–water partition coefficient (Wildman–Crippen LogP) is 4.09. The van der Waals surface area contributed by atoms with E-state index in [9.17, 15) is 9.59 Å². The van der Waals surface area contributed by atoms with Gasteiger partial charge in [0.2, 0.25) is 5.91 Å². The summed E-state index contributed by atoms with van der Waals surface area (Å²) in [4.78, 5) is 26.0. The molecule has 0 fully saturated rings. The van der Waals surface area contributed by atoms with Crippen molar-refractivity contribution >= 4 is 11.9 Å². The average Bonchev–Trinajstić information content (AvgIpc) is 2.68. The maximum Gasteiger partial charge on any atom is 0.317 e. The first-order valence-electron chi connectivity index (χ1n) is 10.2. The third-order valence-electron chi connectivity index (χ3n) is 5.02. The van der Waals surface area contributed by atoms with Crippen LogP contribution in [0.5, 0.6) is 0 Å². The minimum atomic E-state index is -0.181. The van der Waals surface area contributed by atoms with Crippen LogP contribution >= 0.6 is 0 Å². The Bertz CT molecular complexity index is 775. The van der Waals surface area contributed by atoms with Crippen molar-refractivity contribution in [1.82, 2.24) is 15.5 Å². The Morgan fingerprint density at radius 1 is 1.00 bits per heavy atom. The van der Waals surface area contributed by atoms with Crippen molar-refractivity contribution in [2.45, 2.75) is 51.6 Å². The second-order valence-electron chi connectivity index (χ2n) is 8.25. The molecule has 1 unspecified atom stereocenters. The standard InChI is InChI=1S/C24H33N3O2/c1-19(17-24(2,3)21-13-9-6-10-14-21)26-22(28)15-16-25-23(29)27(4)18-20-11-7-5-8-12-20/h5-14,19H,15-18H2,1-4H3,(H,25,29)(H,26,28). The number of nitrogens with zero attached hydrogens (tertiary/aromatic N) is 1. The van der Waals surface area contributed by atoms with Gasteiger partial charge in [0.25, 0.3) is 0 Å². The molecular formula is C24H33N3O2. The van der Waals surface area contributed by atoms with E-state index in [1.54, 1.807) is 11.9 Å². The molecule has 0 saturated carbocycles. The first-order chi connectivity index (χ1) is 13.8. The normalized spacial score (nSPS) is 12.1. The smallest absolute Gasteiger partial charge is 0.317 e. The Labute approximate surface area is 174 Å². The lowest BCUT2D eigenvalue weighted by Gasteiger charge is -2.29. The molecule has 5 nitrogen and oxygen atoms in total. The molecule has 29 heavy (non-hydrogen) atoms. The molecule has 1 atom stereocenters. The summed E-state index contributed by atoms with van der Waals surface area (Å²) in [7, 11) is 1.75. The molecule has 3 amide bonds. The van der Waals surface area contributed by atoms with Crippen molar-refractivity contribution in [2.24, 2.45) is 0 Å². The predicted molar refractivity (Wildman–Crippen MR) is 118 cm³/mol. The van der Waals surface area contributed by atoms with Crippen LogP contribution in [-0.2, 0) is 16.8 Å². The Hall–Kier alpha value is -2.82. The van der Waals surface area contributed by atoms with Crippen molar-refractivity contribution in [2.75, 3.05) is 13.6 Å².